The van der Waals surface area contributed by atoms with E-state index in [4.69, 9.17) is 4.98 Å². The summed E-state index contributed by atoms with van der Waals surface area (Å²) in [6.45, 7) is 3.15. The van der Waals surface area contributed by atoms with Crippen LogP contribution in [-0.2, 0) is 6.42 Å². The molecular weight excluding hydrogens is 186 g/mol. The van der Waals surface area contributed by atoms with E-state index in [2.05, 4.69) is 17.2 Å². The number of aromatic nitrogens is 2. The largest absolute Gasteiger partial charge is 0.346 e. The highest BCUT2D eigenvalue weighted by Crippen LogP contribution is 2.34. The first-order valence-electron chi connectivity index (χ1n) is 6.01. The SMILES string of the molecule is CNCCc1nc(C2CCCC2)c(C)[nH]1. The van der Waals surface area contributed by atoms with Crippen molar-refractivity contribution >= 4 is 0 Å². The first-order valence-corrected chi connectivity index (χ1v) is 6.01. The fourth-order valence-corrected chi connectivity index (χ4v) is 2.50. The van der Waals surface area contributed by atoms with Crippen molar-refractivity contribution in [3.8, 4) is 0 Å². The molecule has 2 N–H and O–H groups in total. The topological polar surface area (TPSA) is 40.7 Å². The highest BCUT2D eigenvalue weighted by Gasteiger charge is 2.21. The van der Waals surface area contributed by atoms with Crippen LogP contribution in [0.3, 0.4) is 0 Å². The van der Waals surface area contributed by atoms with E-state index in [9.17, 15) is 0 Å². The van der Waals surface area contributed by atoms with Crippen LogP contribution in [0, 0.1) is 6.92 Å². The lowest BCUT2D eigenvalue weighted by atomic mass is 10.0. The molecule has 0 aromatic carbocycles. The molecule has 1 saturated carbocycles. The van der Waals surface area contributed by atoms with Crippen LogP contribution >= 0.6 is 0 Å². The second-order valence-corrected chi connectivity index (χ2v) is 4.53. The molecule has 3 heteroatoms. The highest BCUT2D eigenvalue weighted by atomic mass is 14.9. The predicted molar refractivity (Wildman–Crippen MR) is 62.2 cm³/mol. The maximum atomic E-state index is 4.73. The Hall–Kier alpha value is -0.830. The number of H-pyrrole nitrogens is 1. The smallest absolute Gasteiger partial charge is 0.107 e. The summed E-state index contributed by atoms with van der Waals surface area (Å²) in [7, 11) is 1.98. The number of aryl methyl sites for hydroxylation is 1. The quantitative estimate of drug-likeness (QED) is 0.794. The maximum Gasteiger partial charge on any atom is 0.107 e. The van der Waals surface area contributed by atoms with Crippen LogP contribution in [0.15, 0.2) is 0 Å². The molecule has 0 bridgehead atoms. The standard InChI is InChI=1S/C12H21N3/c1-9-12(10-5-3-4-6-10)15-11(14-9)7-8-13-2/h10,13H,3-8H2,1-2H3,(H,14,15). The fraction of sp³-hybridized carbons (Fsp3) is 0.750. The molecule has 1 fully saturated rings. The van der Waals surface area contributed by atoms with E-state index >= 15 is 0 Å². The molecule has 0 spiro atoms. The molecular formula is C12H21N3. The summed E-state index contributed by atoms with van der Waals surface area (Å²) >= 11 is 0. The van der Waals surface area contributed by atoms with Crippen molar-refractivity contribution in [3.05, 3.63) is 17.2 Å². The molecule has 0 saturated heterocycles. The van der Waals surface area contributed by atoms with E-state index in [1.54, 1.807) is 0 Å². The number of nitrogens with one attached hydrogen (secondary N) is 2. The molecule has 0 atom stereocenters. The van der Waals surface area contributed by atoms with E-state index in [1.165, 1.54) is 37.1 Å². The number of likely N-dealkylation sites (N-methyl/N-ethyl adjacent to an activating group) is 1. The molecule has 3 nitrogen and oxygen atoms in total. The van der Waals surface area contributed by atoms with E-state index in [0.29, 0.717) is 0 Å². The predicted octanol–water partition coefficient (Wildman–Crippen LogP) is 2.14. The van der Waals surface area contributed by atoms with Crippen LogP contribution in [0.5, 0.6) is 0 Å². The Balaban J connectivity index is 2.06. The number of aromatic amines is 1. The molecule has 0 unspecified atom stereocenters. The van der Waals surface area contributed by atoms with E-state index in [1.807, 2.05) is 7.05 Å². The Morgan fingerprint density at radius 3 is 2.80 bits per heavy atom. The van der Waals surface area contributed by atoms with Crippen molar-refractivity contribution in [2.75, 3.05) is 13.6 Å². The zero-order chi connectivity index (χ0) is 10.7. The van der Waals surface area contributed by atoms with Crippen molar-refractivity contribution in [1.82, 2.24) is 15.3 Å². The summed E-state index contributed by atoms with van der Waals surface area (Å²) in [6, 6.07) is 0. The van der Waals surface area contributed by atoms with Gasteiger partial charge >= 0.3 is 0 Å². The van der Waals surface area contributed by atoms with Gasteiger partial charge in [-0.15, -0.1) is 0 Å². The van der Waals surface area contributed by atoms with Crippen molar-refractivity contribution in [2.24, 2.45) is 0 Å². The summed E-state index contributed by atoms with van der Waals surface area (Å²) in [5.74, 6) is 1.87. The Bertz CT molecular complexity index is 311. The van der Waals surface area contributed by atoms with Crippen molar-refractivity contribution < 1.29 is 0 Å². The molecule has 0 amide bonds. The van der Waals surface area contributed by atoms with Gasteiger partial charge in [0, 0.05) is 24.6 Å². The zero-order valence-corrected chi connectivity index (χ0v) is 9.77. The van der Waals surface area contributed by atoms with Gasteiger partial charge in [-0.05, 0) is 26.8 Å². The van der Waals surface area contributed by atoms with Crippen LogP contribution in [0.4, 0.5) is 0 Å². The lowest BCUT2D eigenvalue weighted by Gasteiger charge is -2.05. The summed E-state index contributed by atoms with van der Waals surface area (Å²) in [4.78, 5) is 8.14. The van der Waals surface area contributed by atoms with Crippen LogP contribution < -0.4 is 5.32 Å². The third-order valence-electron chi connectivity index (χ3n) is 3.33. The highest BCUT2D eigenvalue weighted by molar-refractivity contribution is 5.19. The van der Waals surface area contributed by atoms with E-state index < -0.39 is 0 Å². The number of imidazole rings is 1. The van der Waals surface area contributed by atoms with Gasteiger partial charge < -0.3 is 10.3 Å². The van der Waals surface area contributed by atoms with Gasteiger partial charge in [0.15, 0.2) is 0 Å². The van der Waals surface area contributed by atoms with Crippen molar-refractivity contribution in [3.63, 3.8) is 0 Å². The molecule has 1 aliphatic rings. The molecule has 1 heterocycles. The number of hydrogen-bond acceptors (Lipinski definition) is 2. The van der Waals surface area contributed by atoms with Gasteiger partial charge in [0.05, 0.1) is 5.69 Å². The first kappa shape index (κ1) is 10.7. The molecule has 0 radical (unpaired) electrons. The minimum Gasteiger partial charge on any atom is -0.346 e. The average Bonchev–Trinajstić information content (AvgIpc) is 2.83. The normalized spacial score (nSPS) is 17.5. The molecule has 2 rings (SSSR count). The van der Waals surface area contributed by atoms with Crippen LogP contribution in [0.25, 0.3) is 0 Å². The number of rotatable bonds is 4. The van der Waals surface area contributed by atoms with Gasteiger partial charge in [0.1, 0.15) is 5.82 Å². The monoisotopic (exact) mass is 207 g/mol. The minimum absolute atomic E-state index is 0.726. The van der Waals surface area contributed by atoms with Gasteiger partial charge in [-0.1, -0.05) is 12.8 Å². The first-order chi connectivity index (χ1) is 7.31. The number of nitrogens with zero attached hydrogens (tertiary/aromatic N) is 1. The van der Waals surface area contributed by atoms with Gasteiger partial charge in [0.2, 0.25) is 0 Å². The molecule has 84 valence electrons. The average molecular weight is 207 g/mol. The molecule has 1 aromatic rings. The van der Waals surface area contributed by atoms with Gasteiger partial charge in [0.25, 0.3) is 0 Å². The van der Waals surface area contributed by atoms with Crippen molar-refractivity contribution in [2.45, 2.75) is 44.9 Å². The lowest BCUT2D eigenvalue weighted by Crippen LogP contribution is -2.11. The zero-order valence-electron chi connectivity index (χ0n) is 9.77. The summed E-state index contributed by atoms with van der Waals surface area (Å²) < 4.78 is 0. The van der Waals surface area contributed by atoms with Crippen LogP contribution in [0.2, 0.25) is 0 Å². The third-order valence-corrected chi connectivity index (χ3v) is 3.33. The summed E-state index contributed by atoms with van der Waals surface area (Å²) in [6.07, 6.45) is 6.42. The van der Waals surface area contributed by atoms with Gasteiger partial charge in [-0.25, -0.2) is 4.98 Å². The minimum atomic E-state index is 0.726. The fourth-order valence-electron chi connectivity index (χ4n) is 2.50. The molecule has 1 aliphatic carbocycles. The van der Waals surface area contributed by atoms with E-state index in [-0.39, 0.29) is 0 Å². The second-order valence-electron chi connectivity index (χ2n) is 4.53. The van der Waals surface area contributed by atoms with Crippen LogP contribution in [0.1, 0.15) is 48.8 Å². The molecule has 15 heavy (non-hydrogen) atoms. The molecule has 1 aromatic heterocycles. The van der Waals surface area contributed by atoms with Gasteiger partial charge in [-0.2, -0.15) is 0 Å². The Labute approximate surface area is 91.7 Å². The summed E-state index contributed by atoms with van der Waals surface area (Å²) in [5, 5.41) is 3.15. The van der Waals surface area contributed by atoms with E-state index in [0.717, 1.165) is 24.7 Å². The summed E-state index contributed by atoms with van der Waals surface area (Å²) in [5.41, 5.74) is 2.62. The number of hydrogen-bond donors (Lipinski definition) is 2. The van der Waals surface area contributed by atoms with Crippen molar-refractivity contribution in [1.29, 1.82) is 0 Å². The lowest BCUT2D eigenvalue weighted by molar-refractivity contribution is 0.691. The Morgan fingerprint density at radius 1 is 1.40 bits per heavy atom. The third kappa shape index (κ3) is 2.40. The maximum absolute atomic E-state index is 4.73. The molecule has 0 aliphatic heterocycles. The van der Waals surface area contributed by atoms with Crippen LogP contribution in [-0.4, -0.2) is 23.6 Å². The second kappa shape index (κ2) is 4.79. The Morgan fingerprint density at radius 2 is 2.13 bits per heavy atom. The van der Waals surface area contributed by atoms with Gasteiger partial charge in [-0.3, -0.25) is 0 Å². The Kier molecular flexibility index (Phi) is 3.41.